The van der Waals surface area contributed by atoms with Gasteiger partial charge in [-0.05, 0) is 56.4 Å². The topological polar surface area (TPSA) is 58.2 Å². The summed E-state index contributed by atoms with van der Waals surface area (Å²) in [6.45, 7) is 1.90. The Morgan fingerprint density at radius 2 is 1.75 bits per heavy atom. The van der Waals surface area contributed by atoms with Crippen LogP contribution >= 0.6 is 11.6 Å². The first-order valence-corrected chi connectivity index (χ1v) is 9.28. The Hall–Kier alpha value is -1.55. The molecule has 2 aliphatic carbocycles. The highest BCUT2D eigenvalue weighted by Gasteiger charge is 2.56. The quantitative estimate of drug-likeness (QED) is 0.632. The van der Waals surface area contributed by atoms with Crippen LogP contribution in [0.25, 0.3) is 0 Å². The molecule has 0 heterocycles. The normalized spacial score (nSPS) is 20.1. The van der Waals surface area contributed by atoms with Gasteiger partial charge in [-0.1, -0.05) is 37.3 Å². The van der Waals surface area contributed by atoms with E-state index in [-0.39, 0.29) is 17.9 Å². The van der Waals surface area contributed by atoms with Crippen molar-refractivity contribution in [1.82, 2.24) is 5.32 Å². The second kappa shape index (κ2) is 7.14. The van der Waals surface area contributed by atoms with Crippen LogP contribution in [-0.4, -0.2) is 17.9 Å². The highest BCUT2D eigenvalue weighted by Crippen LogP contribution is 2.47. The minimum Gasteiger partial charge on any atom is -0.352 e. The molecule has 0 aromatic heterocycles. The molecule has 1 aromatic rings. The summed E-state index contributed by atoms with van der Waals surface area (Å²) in [5.41, 5.74) is 0.743. The molecular formula is C19H25ClN2O2. The number of carbonyl (C=O) groups excluding carboxylic acids is 2. The average molecular weight is 349 g/mol. The molecule has 3 rings (SSSR count). The lowest BCUT2D eigenvalue weighted by atomic mass is 10.0. The first kappa shape index (κ1) is 17.3. The predicted molar refractivity (Wildman–Crippen MR) is 96.1 cm³/mol. The summed E-state index contributed by atoms with van der Waals surface area (Å²) in [6.07, 6.45) is 8.12. The van der Waals surface area contributed by atoms with Gasteiger partial charge in [0.15, 0.2) is 0 Å². The van der Waals surface area contributed by atoms with Gasteiger partial charge < -0.3 is 10.6 Å². The highest BCUT2D eigenvalue weighted by atomic mass is 35.5. The molecule has 24 heavy (non-hydrogen) atoms. The fourth-order valence-corrected chi connectivity index (χ4v) is 3.67. The molecule has 0 aliphatic heterocycles. The zero-order chi connectivity index (χ0) is 17.2. The van der Waals surface area contributed by atoms with Crippen molar-refractivity contribution in [3.63, 3.8) is 0 Å². The van der Waals surface area contributed by atoms with Gasteiger partial charge in [0.1, 0.15) is 5.41 Å². The fourth-order valence-electron chi connectivity index (χ4n) is 3.44. The number of benzene rings is 1. The molecular weight excluding hydrogens is 324 g/mol. The Bertz CT molecular complexity index is 632. The minimum atomic E-state index is -0.877. The molecule has 0 spiro atoms. The van der Waals surface area contributed by atoms with Crippen molar-refractivity contribution in [2.75, 3.05) is 5.32 Å². The molecule has 1 aromatic carbocycles. The maximum atomic E-state index is 12.7. The van der Waals surface area contributed by atoms with E-state index in [1.165, 1.54) is 12.8 Å². The molecule has 0 bridgehead atoms. The number of carbonyl (C=O) groups is 2. The molecule has 5 heteroatoms. The van der Waals surface area contributed by atoms with Crippen molar-refractivity contribution in [1.29, 1.82) is 0 Å². The minimum absolute atomic E-state index is 0.0986. The summed E-state index contributed by atoms with van der Waals surface area (Å²) in [5, 5.41) is 6.68. The summed E-state index contributed by atoms with van der Waals surface area (Å²) >= 11 is 5.95. The van der Waals surface area contributed by atoms with Gasteiger partial charge in [0.25, 0.3) is 0 Å². The number of aryl methyl sites for hydroxylation is 1. The largest absolute Gasteiger partial charge is 0.352 e. The zero-order valence-corrected chi connectivity index (χ0v) is 14.9. The third-order valence-electron chi connectivity index (χ3n) is 5.25. The molecule has 0 saturated heterocycles. The van der Waals surface area contributed by atoms with E-state index in [0.717, 1.165) is 36.9 Å². The lowest BCUT2D eigenvalue weighted by Crippen LogP contribution is -2.44. The van der Waals surface area contributed by atoms with Crippen LogP contribution in [0.3, 0.4) is 0 Å². The molecule has 4 nitrogen and oxygen atoms in total. The van der Waals surface area contributed by atoms with E-state index in [1.54, 1.807) is 12.1 Å². The van der Waals surface area contributed by atoms with Crippen LogP contribution in [0, 0.1) is 12.3 Å². The van der Waals surface area contributed by atoms with Crippen LogP contribution in [-0.2, 0) is 9.59 Å². The van der Waals surface area contributed by atoms with Gasteiger partial charge in [-0.25, -0.2) is 0 Å². The summed E-state index contributed by atoms with van der Waals surface area (Å²) in [7, 11) is 0. The van der Waals surface area contributed by atoms with E-state index in [9.17, 15) is 9.59 Å². The number of nitrogens with one attached hydrogen (secondary N) is 2. The summed E-state index contributed by atoms with van der Waals surface area (Å²) in [5.74, 6) is -0.294. The number of hydrogen-bond donors (Lipinski definition) is 2. The molecule has 0 radical (unpaired) electrons. The first-order valence-electron chi connectivity index (χ1n) is 8.90. The van der Waals surface area contributed by atoms with Crippen molar-refractivity contribution >= 4 is 29.1 Å². The summed E-state index contributed by atoms with van der Waals surface area (Å²) in [4.78, 5) is 25.4. The van der Waals surface area contributed by atoms with Crippen LogP contribution in [0.15, 0.2) is 18.2 Å². The number of amides is 2. The van der Waals surface area contributed by atoms with Gasteiger partial charge in [-0.15, -0.1) is 0 Å². The molecule has 0 atom stereocenters. The molecule has 2 amide bonds. The lowest BCUT2D eigenvalue weighted by molar-refractivity contribution is -0.134. The van der Waals surface area contributed by atoms with Gasteiger partial charge in [-0.3, -0.25) is 9.59 Å². The van der Waals surface area contributed by atoms with Crippen LogP contribution in [0.4, 0.5) is 5.69 Å². The first-order chi connectivity index (χ1) is 11.5. The zero-order valence-electron chi connectivity index (χ0n) is 14.2. The monoisotopic (exact) mass is 348 g/mol. The Morgan fingerprint density at radius 3 is 2.33 bits per heavy atom. The maximum Gasteiger partial charge on any atom is 0.240 e. The Balaban J connectivity index is 1.63. The average Bonchev–Trinajstić information content (AvgIpc) is 3.35. The van der Waals surface area contributed by atoms with Gasteiger partial charge in [-0.2, -0.15) is 0 Å². The van der Waals surface area contributed by atoms with E-state index in [1.807, 2.05) is 13.0 Å². The van der Waals surface area contributed by atoms with Crippen LogP contribution in [0.2, 0.25) is 5.02 Å². The van der Waals surface area contributed by atoms with E-state index in [2.05, 4.69) is 10.6 Å². The van der Waals surface area contributed by atoms with Crippen LogP contribution in [0.5, 0.6) is 0 Å². The smallest absolute Gasteiger partial charge is 0.240 e. The van der Waals surface area contributed by atoms with Crippen molar-refractivity contribution in [2.24, 2.45) is 5.41 Å². The highest BCUT2D eigenvalue weighted by molar-refractivity contribution is 6.30. The molecule has 2 N–H and O–H groups in total. The maximum absolute atomic E-state index is 12.7. The number of hydrogen-bond acceptors (Lipinski definition) is 2. The molecule has 2 fully saturated rings. The Kier molecular flexibility index (Phi) is 5.14. The van der Waals surface area contributed by atoms with Crippen molar-refractivity contribution in [2.45, 2.75) is 64.3 Å². The summed E-state index contributed by atoms with van der Waals surface area (Å²) in [6, 6.07) is 5.56. The van der Waals surface area contributed by atoms with E-state index < -0.39 is 5.41 Å². The third kappa shape index (κ3) is 3.75. The number of rotatable bonds is 4. The molecule has 130 valence electrons. The number of anilines is 1. The van der Waals surface area contributed by atoms with E-state index in [4.69, 9.17) is 11.6 Å². The van der Waals surface area contributed by atoms with Gasteiger partial charge in [0, 0.05) is 16.8 Å². The van der Waals surface area contributed by atoms with Gasteiger partial charge in [0.05, 0.1) is 0 Å². The second-order valence-corrected chi connectivity index (χ2v) is 7.59. The third-order valence-corrected chi connectivity index (χ3v) is 5.48. The predicted octanol–water partition coefficient (Wildman–Crippen LogP) is 4.21. The molecule has 2 aliphatic rings. The van der Waals surface area contributed by atoms with Crippen molar-refractivity contribution < 1.29 is 9.59 Å². The van der Waals surface area contributed by atoms with Gasteiger partial charge >= 0.3 is 0 Å². The summed E-state index contributed by atoms with van der Waals surface area (Å²) < 4.78 is 0. The molecule has 2 saturated carbocycles. The number of halogens is 1. The molecule has 0 unspecified atom stereocenters. The Morgan fingerprint density at radius 1 is 1.08 bits per heavy atom. The van der Waals surface area contributed by atoms with Crippen LogP contribution in [0.1, 0.15) is 56.9 Å². The van der Waals surface area contributed by atoms with Crippen molar-refractivity contribution in [3.8, 4) is 0 Å². The van der Waals surface area contributed by atoms with Crippen LogP contribution < -0.4 is 10.6 Å². The second-order valence-electron chi connectivity index (χ2n) is 7.16. The fraction of sp³-hybridized carbons (Fsp3) is 0.579. The van der Waals surface area contributed by atoms with Crippen molar-refractivity contribution in [3.05, 3.63) is 28.8 Å². The standard InChI is InChI=1S/C19H25ClN2O2/c1-13-12-14(20)8-9-16(13)22-18(24)19(10-11-19)17(23)21-15-6-4-2-3-5-7-15/h8-9,12,15H,2-7,10-11H2,1H3,(H,21,23)(H,22,24). The van der Waals surface area contributed by atoms with E-state index >= 15 is 0 Å². The lowest BCUT2D eigenvalue weighted by Gasteiger charge is -2.21. The SMILES string of the molecule is Cc1cc(Cl)ccc1NC(=O)C1(C(=O)NC2CCCCCC2)CC1. The van der Waals surface area contributed by atoms with Gasteiger partial charge in [0.2, 0.25) is 11.8 Å². The Labute approximate surface area is 148 Å². The van der Waals surface area contributed by atoms with E-state index in [0.29, 0.717) is 17.9 Å².